The number of nitrogens with one attached hydrogen (secondary N) is 1. The fraction of sp³-hybridized carbons (Fsp3) is 0.389. The van der Waals surface area contributed by atoms with Crippen LogP contribution < -0.4 is 10.1 Å². The summed E-state index contributed by atoms with van der Waals surface area (Å²) in [6, 6.07) is 5.24. The largest absolute Gasteiger partial charge is 0.503 e. The Kier molecular flexibility index (Phi) is 5.86. The fourth-order valence-electron chi connectivity index (χ4n) is 2.72. The Bertz CT molecular complexity index is 793. The molecule has 0 aliphatic rings. The van der Waals surface area contributed by atoms with E-state index in [2.05, 4.69) is 10.3 Å². The van der Waals surface area contributed by atoms with Crippen LogP contribution in [0.4, 0.5) is 0 Å². The second kappa shape index (κ2) is 7.74. The lowest BCUT2D eigenvalue weighted by molar-refractivity contribution is -0.146. The monoisotopic (exact) mass is 378 g/mol. The van der Waals surface area contributed by atoms with Crippen molar-refractivity contribution in [3.8, 4) is 11.5 Å². The molecule has 3 N–H and O–H groups in total. The number of hydrogen-bond acceptors (Lipinski definition) is 6. The number of pyridine rings is 1. The number of aliphatic carboxylic acids is 1. The molecular weight excluding hydrogens is 356 g/mol. The molecule has 8 heteroatoms. The zero-order chi connectivity index (χ0) is 19.5. The maximum absolute atomic E-state index is 12.6. The number of aromatic hydroxyl groups is 1. The van der Waals surface area contributed by atoms with Gasteiger partial charge in [-0.05, 0) is 30.2 Å². The molecule has 1 amide bonds. The molecule has 7 nitrogen and oxygen atoms in total. The van der Waals surface area contributed by atoms with Crippen molar-refractivity contribution in [2.24, 2.45) is 5.92 Å². The summed E-state index contributed by atoms with van der Waals surface area (Å²) in [6.07, 6.45) is 1.31. The first kappa shape index (κ1) is 19.7. The Labute approximate surface area is 155 Å². The van der Waals surface area contributed by atoms with E-state index in [4.69, 9.17) is 4.74 Å². The number of carbonyl (C=O) groups excluding carboxylic acids is 1. The zero-order valence-corrected chi connectivity index (χ0v) is 15.8. The first-order valence-electron chi connectivity index (χ1n) is 8.03. The molecule has 0 fully saturated rings. The molecule has 3 unspecified atom stereocenters. The van der Waals surface area contributed by atoms with Crippen LogP contribution in [-0.4, -0.2) is 39.7 Å². The summed E-state index contributed by atoms with van der Waals surface area (Å²) >= 11 is 1.54. The van der Waals surface area contributed by atoms with Gasteiger partial charge in [0.25, 0.3) is 5.91 Å². The predicted molar refractivity (Wildman–Crippen MR) is 97.9 cm³/mol. The minimum atomic E-state index is -1.56. The maximum atomic E-state index is 12.6. The number of amides is 1. The summed E-state index contributed by atoms with van der Waals surface area (Å²) in [4.78, 5) is 29.5. The number of nitrogens with zero attached hydrogens (tertiary/aromatic N) is 1. The normalized spacial score (nSPS) is 15.5. The number of methoxy groups -OCH3 is 1. The van der Waals surface area contributed by atoms with Crippen molar-refractivity contribution in [1.82, 2.24) is 10.3 Å². The molecule has 140 valence electrons. The Hall–Kier alpha value is -2.61. The first-order chi connectivity index (χ1) is 12.2. The van der Waals surface area contributed by atoms with Crippen molar-refractivity contribution in [3.63, 3.8) is 0 Å². The van der Waals surface area contributed by atoms with Crippen molar-refractivity contribution in [3.05, 3.63) is 40.3 Å². The molecule has 3 atom stereocenters. The molecule has 0 aliphatic heterocycles. The van der Waals surface area contributed by atoms with Crippen LogP contribution in [0.25, 0.3) is 0 Å². The van der Waals surface area contributed by atoms with Gasteiger partial charge in [0.2, 0.25) is 0 Å². The summed E-state index contributed by atoms with van der Waals surface area (Å²) in [5.74, 6) is -2.80. The molecule has 0 bridgehead atoms. The molecule has 0 spiro atoms. The van der Waals surface area contributed by atoms with Crippen LogP contribution in [0.1, 0.15) is 42.1 Å². The molecule has 0 saturated heterocycles. The summed E-state index contributed by atoms with van der Waals surface area (Å²) in [6.45, 7) is 5.15. The molecule has 26 heavy (non-hydrogen) atoms. The lowest BCUT2D eigenvalue weighted by Crippen LogP contribution is -2.57. The lowest BCUT2D eigenvalue weighted by Gasteiger charge is -2.35. The minimum absolute atomic E-state index is 0.0854. The third-order valence-corrected chi connectivity index (χ3v) is 5.87. The van der Waals surface area contributed by atoms with Gasteiger partial charge in [-0.1, -0.05) is 19.9 Å². The molecule has 0 aromatic carbocycles. The quantitative estimate of drug-likeness (QED) is 0.684. The summed E-state index contributed by atoms with van der Waals surface area (Å²) < 4.78 is 4.96. The fourth-order valence-corrected chi connectivity index (χ4v) is 3.61. The van der Waals surface area contributed by atoms with Gasteiger partial charge in [-0.3, -0.25) is 4.79 Å². The highest BCUT2D eigenvalue weighted by Gasteiger charge is 2.44. The van der Waals surface area contributed by atoms with Gasteiger partial charge in [0.1, 0.15) is 5.54 Å². The van der Waals surface area contributed by atoms with E-state index in [0.717, 1.165) is 4.88 Å². The maximum Gasteiger partial charge on any atom is 0.329 e. The predicted octanol–water partition coefficient (Wildman–Crippen LogP) is 2.87. The Morgan fingerprint density at radius 1 is 1.35 bits per heavy atom. The highest BCUT2D eigenvalue weighted by atomic mass is 32.1. The Morgan fingerprint density at radius 3 is 2.58 bits per heavy atom. The highest BCUT2D eigenvalue weighted by molar-refractivity contribution is 7.10. The van der Waals surface area contributed by atoms with E-state index in [0.29, 0.717) is 0 Å². The van der Waals surface area contributed by atoms with Gasteiger partial charge in [0, 0.05) is 17.1 Å². The topological polar surface area (TPSA) is 109 Å². The minimum Gasteiger partial charge on any atom is -0.503 e. The van der Waals surface area contributed by atoms with E-state index < -0.39 is 29.1 Å². The molecule has 2 rings (SSSR count). The molecule has 0 saturated carbocycles. The standard InChI is InChI=1S/C18H22N2O5S/c1-10(13-6-5-9-26-13)11(2)18(3,17(23)24)20-16(22)14-15(21)12(25-4)7-8-19-14/h5-11,21H,1-4H3,(H,20,22)(H,23,24). The average Bonchev–Trinajstić information content (AvgIpc) is 3.14. The summed E-state index contributed by atoms with van der Waals surface area (Å²) in [5, 5.41) is 24.4. The number of ether oxygens (including phenoxy) is 1. The third kappa shape index (κ3) is 3.65. The molecule has 0 radical (unpaired) electrons. The highest BCUT2D eigenvalue weighted by Crippen LogP contribution is 2.35. The van der Waals surface area contributed by atoms with Crippen molar-refractivity contribution in [1.29, 1.82) is 0 Å². The first-order valence-corrected chi connectivity index (χ1v) is 8.91. The molecular formula is C18H22N2O5S. The molecule has 0 aliphatic carbocycles. The van der Waals surface area contributed by atoms with Crippen LogP contribution in [0.5, 0.6) is 11.5 Å². The number of aromatic nitrogens is 1. The smallest absolute Gasteiger partial charge is 0.329 e. The van der Waals surface area contributed by atoms with E-state index >= 15 is 0 Å². The van der Waals surface area contributed by atoms with Gasteiger partial charge in [-0.15, -0.1) is 11.3 Å². The lowest BCUT2D eigenvalue weighted by atomic mass is 9.78. The van der Waals surface area contributed by atoms with Crippen molar-refractivity contribution >= 4 is 23.2 Å². The van der Waals surface area contributed by atoms with E-state index in [1.54, 1.807) is 6.92 Å². The van der Waals surface area contributed by atoms with Gasteiger partial charge in [-0.25, -0.2) is 9.78 Å². The Balaban J connectivity index is 2.32. The van der Waals surface area contributed by atoms with Gasteiger partial charge in [-0.2, -0.15) is 0 Å². The van der Waals surface area contributed by atoms with E-state index in [-0.39, 0.29) is 17.4 Å². The van der Waals surface area contributed by atoms with Crippen molar-refractivity contribution in [2.75, 3.05) is 7.11 Å². The summed E-state index contributed by atoms with van der Waals surface area (Å²) in [7, 11) is 1.35. The van der Waals surface area contributed by atoms with Crippen LogP contribution in [0.2, 0.25) is 0 Å². The van der Waals surface area contributed by atoms with E-state index in [1.165, 1.54) is 37.6 Å². The number of carboxylic acids is 1. The zero-order valence-electron chi connectivity index (χ0n) is 15.0. The third-order valence-electron chi connectivity index (χ3n) is 4.79. The van der Waals surface area contributed by atoms with E-state index in [1.807, 2.05) is 24.4 Å². The van der Waals surface area contributed by atoms with Gasteiger partial charge in [0.15, 0.2) is 17.2 Å². The second-order valence-corrected chi connectivity index (χ2v) is 7.24. The van der Waals surface area contributed by atoms with Crippen LogP contribution in [0, 0.1) is 5.92 Å². The van der Waals surface area contributed by atoms with Crippen LogP contribution >= 0.6 is 11.3 Å². The number of carbonyl (C=O) groups is 2. The van der Waals surface area contributed by atoms with Crippen LogP contribution in [0.3, 0.4) is 0 Å². The molecule has 2 aromatic rings. The molecule has 2 heterocycles. The summed E-state index contributed by atoms with van der Waals surface area (Å²) in [5.41, 5.74) is -1.84. The molecule has 2 aromatic heterocycles. The van der Waals surface area contributed by atoms with Crippen LogP contribution in [-0.2, 0) is 4.79 Å². The average molecular weight is 378 g/mol. The SMILES string of the molecule is COc1ccnc(C(=O)NC(C)(C(=O)O)C(C)C(C)c2cccs2)c1O. The number of rotatable bonds is 7. The Morgan fingerprint density at radius 2 is 2.04 bits per heavy atom. The van der Waals surface area contributed by atoms with Gasteiger partial charge in [0.05, 0.1) is 7.11 Å². The van der Waals surface area contributed by atoms with Gasteiger partial charge >= 0.3 is 5.97 Å². The number of thiophene rings is 1. The van der Waals surface area contributed by atoms with Crippen molar-refractivity contribution < 1.29 is 24.5 Å². The number of carboxylic acid groups (broad SMARTS) is 1. The van der Waals surface area contributed by atoms with Gasteiger partial charge < -0.3 is 20.3 Å². The van der Waals surface area contributed by atoms with Crippen molar-refractivity contribution in [2.45, 2.75) is 32.2 Å². The van der Waals surface area contributed by atoms with Crippen LogP contribution in [0.15, 0.2) is 29.8 Å². The number of hydrogen-bond donors (Lipinski definition) is 3. The van der Waals surface area contributed by atoms with E-state index in [9.17, 15) is 19.8 Å². The second-order valence-electron chi connectivity index (χ2n) is 6.26.